The molecule has 1 heterocycles. The first kappa shape index (κ1) is 14.9. The first-order chi connectivity index (χ1) is 10.3. The largest absolute Gasteiger partial charge is 0.444 e. The fraction of sp³-hybridized carbons (Fsp3) is 0.529. The highest BCUT2D eigenvalue weighted by atomic mass is 35.5. The van der Waals surface area contributed by atoms with E-state index < -0.39 is 0 Å². The van der Waals surface area contributed by atoms with Gasteiger partial charge in [0.2, 0.25) is 0 Å². The number of hydrogen-bond donors (Lipinski definition) is 1. The third kappa shape index (κ3) is 3.42. The topological polar surface area (TPSA) is 28.4 Å². The third-order valence-corrected chi connectivity index (χ3v) is 4.85. The first-order valence-electron chi connectivity index (χ1n) is 7.82. The van der Waals surface area contributed by atoms with Crippen LogP contribution in [-0.2, 0) is 6.54 Å². The van der Waals surface area contributed by atoms with Gasteiger partial charge in [-0.15, -0.1) is 0 Å². The molecule has 3 rings (SSSR count). The predicted molar refractivity (Wildman–Crippen MR) is 87.8 cm³/mol. The molecule has 0 spiro atoms. The number of para-hydroxylation sites is 1. The minimum Gasteiger partial charge on any atom is -0.444 e. The van der Waals surface area contributed by atoms with E-state index in [1.807, 2.05) is 18.2 Å². The Morgan fingerprint density at radius 1 is 1.29 bits per heavy atom. The molecule has 0 radical (unpaired) electrons. The van der Waals surface area contributed by atoms with Crippen LogP contribution in [0.3, 0.4) is 0 Å². The van der Waals surface area contributed by atoms with Crippen molar-refractivity contribution in [2.75, 3.05) is 20.1 Å². The van der Waals surface area contributed by atoms with Crippen molar-refractivity contribution in [3.05, 3.63) is 35.0 Å². The number of halogens is 1. The first-order valence-corrected chi connectivity index (χ1v) is 8.20. The molecule has 0 bridgehead atoms. The SMILES string of the molecule is CN(CCNCc1c(Cl)oc2ccccc12)C1CCCC1. The van der Waals surface area contributed by atoms with E-state index in [0.29, 0.717) is 5.22 Å². The zero-order chi connectivity index (χ0) is 14.7. The zero-order valence-electron chi connectivity index (χ0n) is 12.6. The van der Waals surface area contributed by atoms with E-state index in [0.717, 1.165) is 42.2 Å². The lowest BCUT2D eigenvalue weighted by atomic mass is 10.2. The minimum absolute atomic E-state index is 0.507. The fourth-order valence-electron chi connectivity index (χ4n) is 3.23. The molecule has 0 amide bonds. The predicted octanol–water partition coefficient (Wildman–Crippen LogP) is 4.05. The molecule has 2 aromatic rings. The van der Waals surface area contributed by atoms with Crippen molar-refractivity contribution in [1.29, 1.82) is 0 Å². The molecule has 3 nitrogen and oxygen atoms in total. The molecule has 1 aromatic heterocycles. The number of fused-ring (bicyclic) bond motifs is 1. The van der Waals surface area contributed by atoms with E-state index in [-0.39, 0.29) is 0 Å². The van der Waals surface area contributed by atoms with Crippen LogP contribution in [-0.4, -0.2) is 31.1 Å². The summed E-state index contributed by atoms with van der Waals surface area (Å²) < 4.78 is 5.57. The van der Waals surface area contributed by atoms with Crippen LogP contribution in [0.2, 0.25) is 5.22 Å². The molecule has 1 fully saturated rings. The van der Waals surface area contributed by atoms with E-state index in [4.69, 9.17) is 16.0 Å². The maximum absolute atomic E-state index is 6.20. The van der Waals surface area contributed by atoms with Crippen LogP contribution in [0.4, 0.5) is 0 Å². The van der Waals surface area contributed by atoms with Crippen molar-refractivity contribution in [2.24, 2.45) is 0 Å². The van der Waals surface area contributed by atoms with Crippen molar-refractivity contribution >= 4 is 22.6 Å². The van der Waals surface area contributed by atoms with Crippen LogP contribution in [0.5, 0.6) is 0 Å². The van der Waals surface area contributed by atoms with E-state index in [9.17, 15) is 0 Å². The Hall–Kier alpha value is -1.03. The van der Waals surface area contributed by atoms with Crippen molar-refractivity contribution in [3.8, 4) is 0 Å². The Bertz CT molecular complexity index is 589. The minimum atomic E-state index is 0.507. The van der Waals surface area contributed by atoms with Crippen molar-refractivity contribution in [1.82, 2.24) is 10.2 Å². The smallest absolute Gasteiger partial charge is 0.199 e. The summed E-state index contributed by atoms with van der Waals surface area (Å²) in [6.45, 7) is 2.81. The number of benzene rings is 1. The Morgan fingerprint density at radius 3 is 2.86 bits per heavy atom. The molecule has 1 saturated carbocycles. The van der Waals surface area contributed by atoms with E-state index in [2.05, 4.69) is 23.3 Å². The molecule has 1 aliphatic carbocycles. The summed E-state index contributed by atoms with van der Waals surface area (Å²) in [5.41, 5.74) is 1.93. The summed E-state index contributed by atoms with van der Waals surface area (Å²) in [5, 5.41) is 5.11. The normalized spacial score (nSPS) is 16.3. The van der Waals surface area contributed by atoms with Gasteiger partial charge in [0.1, 0.15) is 5.58 Å². The van der Waals surface area contributed by atoms with E-state index in [1.54, 1.807) is 0 Å². The summed E-state index contributed by atoms with van der Waals surface area (Å²) in [4.78, 5) is 2.48. The van der Waals surface area contributed by atoms with Gasteiger partial charge in [-0.1, -0.05) is 31.0 Å². The fourth-order valence-corrected chi connectivity index (χ4v) is 3.48. The quantitative estimate of drug-likeness (QED) is 0.816. The monoisotopic (exact) mass is 306 g/mol. The number of nitrogens with zero attached hydrogens (tertiary/aromatic N) is 1. The average Bonchev–Trinajstić information content (AvgIpc) is 3.11. The van der Waals surface area contributed by atoms with Crippen LogP contribution < -0.4 is 5.32 Å². The number of rotatable bonds is 6. The lowest BCUT2D eigenvalue weighted by molar-refractivity contribution is 0.245. The highest BCUT2D eigenvalue weighted by molar-refractivity contribution is 6.30. The molecule has 0 saturated heterocycles. The molecule has 114 valence electrons. The highest BCUT2D eigenvalue weighted by Gasteiger charge is 2.19. The Kier molecular flexibility index (Phi) is 4.84. The number of furan rings is 1. The van der Waals surface area contributed by atoms with Gasteiger partial charge in [0.15, 0.2) is 5.22 Å². The van der Waals surface area contributed by atoms with E-state index in [1.165, 1.54) is 25.7 Å². The van der Waals surface area contributed by atoms with Crippen LogP contribution >= 0.6 is 11.6 Å². The van der Waals surface area contributed by atoms with Gasteiger partial charge >= 0.3 is 0 Å². The molecule has 1 N–H and O–H groups in total. The maximum atomic E-state index is 6.20. The van der Waals surface area contributed by atoms with Gasteiger partial charge < -0.3 is 14.6 Å². The van der Waals surface area contributed by atoms with Crippen molar-refractivity contribution in [2.45, 2.75) is 38.3 Å². The second kappa shape index (κ2) is 6.82. The van der Waals surface area contributed by atoms with Gasteiger partial charge in [-0.05, 0) is 37.6 Å². The standard InChI is InChI=1S/C17H23ClN2O/c1-20(13-6-2-3-7-13)11-10-19-12-15-14-8-4-5-9-16(14)21-17(15)18/h4-5,8-9,13,19H,2-3,6-7,10-12H2,1H3. The second-order valence-corrected chi connectivity index (χ2v) is 6.29. The molecule has 1 aromatic carbocycles. The van der Waals surface area contributed by atoms with Crippen molar-refractivity contribution < 1.29 is 4.42 Å². The molecular formula is C17H23ClN2O. The second-order valence-electron chi connectivity index (χ2n) is 5.95. The lowest BCUT2D eigenvalue weighted by Gasteiger charge is -2.23. The Labute approximate surface area is 131 Å². The summed E-state index contributed by atoms with van der Waals surface area (Å²) >= 11 is 6.20. The van der Waals surface area contributed by atoms with Crippen LogP contribution in [0.15, 0.2) is 28.7 Å². The summed E-state index contributed by atoms with van der Waals surface area (Å²) in [5.74, 6) is 0. The molecule has 1 aliphatic rings. The molecule has 4 heteroatoms. The van der Waals surface area contributed by atoms with Crippen LogP contribution in [0, 0.1) is 0 Å². The number of likely N-dealkylation sites (N-methyl/N-ethyl adjacent to an activating group) is 1. The number of hydrogen-bond acceptors (Lipinski definition) is 3. The maximum Gasteiger partial charge on any atom is 0.199 e. The van der Waals surface area contributed by atoms with E-state index >= 15 is 0 Å². The van der Waals surface area contributed by atoms with Gasteiger partial charge in [-0.3, -0.25) is 0 Å². The van der Waals surface area contributed by atoms with Gasteiger partial charge in [-0.25, -0.2) is 0 Å². The van der Waals surface area contributed by atoms with Gasteiger partial charge in [-0.2, -0.15) is 0 Å². The molecule has 0 atom stereocenters. The Morgan fingerprint density at radius 2 is 2.05 bits per heavy atom. The van der Waals surface area contributed by atoms with Gasteiger partial charge in [0, 0.05) is 36.6 Å². The molecule has 0 unspecified atom stereocenters. The third-order valence-electron chi connectivity index (χ3n) is 4.54. The summed E-state index contributed by atoms with van der Waals surface area (Å²) in [6, 6.07) is 8.79. The lowest BCUT2D eigenvalue weighted by Crippen LogP contribution is -2.35. The number of nitrogens with one attached hydrogen (secondary N) is 1. The molecule has 0 aliphatic heterocycles. The molecular weight excluding hydrogens is 284 g/mol. The van der Waals surface area contributed by atoms with Crippen molar-refractivity contribution in [3.63, 3.8) is 0 Å². The highest BCUT2D eigenvalue weighted by Crippen LogP contribution is 2.29. The zero-order valence-corrected chi connectivity index (χ0v) is 13.3. The van der Waals surface area contributed by atoms with Gasteiger partial charge in [0.05, 0.1) is 0 Å². The van der Waals surface area contributed by atoms with Gasteiger partial charge in [0.25, 0.3) is 0 Å². The average molecular weight is 307 g/mol. The summed E-state index contributed by atoms with van der Waals surface area (Å²) in [6.07, 6.45) is 5.49. The van der Waals surface area contributed by atoms with Crippen LogP contribution in [0.1, 0.15) is 31.2 Å². The summed E-state index contributed by atoms with van der Waals surface area (Å²) in [7, 11) is 2.23. The Balaban J connectivity index is 1.51. The van der Waals surface area contributed by atoms with Crippen LogP contribution in [0.25, 0.3) is 11.0 Å². The molecule has 21 heavy (non-hydrogen) atoms.